The van der Waals surface area contributed by atoms with E-state index in [1.165, 1.54) is 4.90 Å². The number of hydrogen-bond acceptors (Lipinski definition) is 6. The molecule has 1 amide bonds. The number of halogens is 3. The number of nitrogens with zero attached hydrogens (tertiary/aromatic N) is 3. The predicted octanol–water partition coefficient (Wildman–Crippen LogP) is 5.58. The van der Waals surface area contributed by atoms with Gasteiger partial charge in [-0.1, -0.05) is 0 Å². The van der Waals surface area contributed by atoms with E-state index in [9.17, 15) is 27.9 Å². The lowest BCUT2D eigenvalue weighted by Gasteiger charge is -2.33. The Balaban J connectivity index is 1.40. The molecule has 2 aromatic carbocycles. The van der Waals surface area contributed by atoms with Gasteiger partial charge in [0.05, 0.1) is 31.3 Å². The molecule has 1 N–H and O–H groups in total. The zero-order chi connectivity index (χ0) is 29.0. The molecule has 8 nitrogen and oxygen atoms in total. The molecule has 0 radical (unpaired) electrons. The van der Waals surface area contributed by atoms with Gasteiger partial charge in [0, 0.05) is 29.8 Å². The number of hydrogen-bond donors (Lipinski definition) is 1. The Morgan fingerprint density at radius 2 is 1.85 bits per heavy atom. The van der Waals surface area contributed by atoms with Crippen molar-refractivity contribution in [3.05, 3.63) is 76.2 Å². The van der Waals surface area contributed by atoms with Gasteiger partial charge >= 0.3 is 12.1 Å². The van der Waals surface area contributed by atoms with E-state index in [2.05, 4.69) is 4.90 Å². The number of cyclic esters (lactones) is 1. The van der Waals surface area contributed by atoms with Crippen LogP contribution in [0.3, 0.4) is 0 Å². The lowest BCUT2D eigenvalue weighted by Crippen LogP contribution is -2.38. The first-order chi connectivity index (χ1) is 19.7. The second-order valence-electron chi connectivity index (χ2n) is 10.7. The number of aromatic nitrogens is 1. The number of aryl methyl sites for hydroxylation is 1. The van der Waals surface area contributed by atoms with Crippen LogP contribution in [-0.2, 0) is 22.5 Å². The van der Waals surface area contributed by atoms with Crippen LogP contribution in [0, 0.1) is 17.5 Å². The molecule has 2 saturated heterocycles. The normalized spacial score (nSPS) is 21.5. The summed E-state index contributed by atoms with van der Waals surface area (Å²) in [7, 11) is 1.54. The maximum absolute atomic E-state index is 14.0. The highest BCUT2D eigenvalue weighted by atomic mass is 19.2. The zero-order valence-corrected chi connectivity index (χ0v) is 22.5. The topological polar surface area (TPSA) is 92.2 Å². The number of carbonyl (C=O) groups excluding carboxylic acids is 1. The van der Waals surface area contributed by atoms with Crippen LogP contribution in [-0.4, -0.2) is 53.3 Å². The second kappa shape index (κ2) is 10.3. The van der Waals surface area contributed by atoms with Crippen LogP contribution in [0.2, 0.25) is 0 Å². The lowest BCUT2D eigenvalue weighted by molar-refractivity contribution is -0.138. The van der Waals surface area contributed by atoms with Crippen molar-refractivity contribution < 1.29 is 37.3 Å². The molecular formula is C30H28F3N3O5. The molecule has 11 heteroatoms. The number of carboxylic acids is 1. The van der Waals surface area contributed by atoms with Gasteiger partial charge in [-0.25, -0.2) is 22.9 Å². The predicted molar refractivity (Wildman–Crippen MR) is 142 cm³/mol. The van der Waals surface area contributed by atoms with Crippen molar-refractivity contribution in [2.24, 2.45) is 0 Å². The van der Waals surface area contributed by atoms with Gasteiger partial charge in [0.25, 0.3) is 0 Å². The van der Waals surface area contributed by atoms with Crippen LogP contribution in [0.15, 0.2) is 36.4 Å². The largest absolute Gasteiger partial charge is 0.496 e. The van der Waals surface area contributed by atoms with Gasteiger partial charge in [0.2, 0.25) is 0 Å². The first-order valence-electron chi connectivity index (χ1n) is 13.5. The SMILES string of the molecule is COc1cc2c(cc1-c1ccc(N3CCC3)nc1CN1C(=O)OC(c3cc(F)c(F)c(F)c3)C1C)[C@H](C(=O)O)CC2. The summed E-state index contributed by atoms with van der Waals surface area (Å²) in [5.41, 5.74) is 3.48. The van der Waals surface area contributed by atoms with Gasteiger partial charge in [0.1, 0.15) is 17.7 Å². The molecule has 3 heterocycles. The van der Waals surface area contributed by atoms with E-state index in [1.807, 2.05) is 24.3 Å². The molecule has 1 aliphatic carbocycles. The molecule has 41 heavy (non-hydrogen) atoms. The monoisotopic (exact) mass is 567 g/mol. The maximum Gasteiger partial charge on any atom is 0.411 e. The van der Waals surface area contributed by atoms with Crippen LogP contribution >= 0.6 is 0 Å². The number of rotatable bonds is 7. The molecular weight excluding hydrogens is 539 g/mol. The Morgan fingerprint density at radius 3 is 2.49 bits per heavy atom. The standard InChI is InChI=1S/C30H28F3N3O5/c1-15-28(17-10-22(31)27(33)23(32)11-17)41-30(39)36(15)14-24-18(6-7-26(34-24)35-8-3-9-35)21-13-20-16(12-25(21)40-2)4-5-19(20)29(37)38/h6-7,10-13,15,19,28H,3-5,8-9,14H2,1-2H3,(H,37,38)/t15?,19-,28?/m1/s1. The maximum atomic E-state index is 14.0. The zero-order valence-electron chi connectivity index (χ0n) is 22.5. The third kappa shape index (κ3) is 4.62. The minimum Gasteiger partial charge on any atom is -0.496 e. The lowest BCUT2D eigenvalue weighted by atomic mass is 9.94. The smallest absolute Gasteiger partial charge is 0.411 e. The van der Waals surface area contributed by atoms with Gasteiger partial charge in [-0.3, -0.25) is 9.69 Å². The summed E-state index contributed by atoms with van der Waals surface area (Å²) in [4.78, 5) is 33.4. The summed E-state index contributed by atoms with van der Waals surface area (Å²) >= 11 is 0. The molecule has 3 aliphatic rings. The average Bonchev–Trinajstić information content (AvgIpc) is 3.46. The Bertz CT molecular complexity index is 1540. The summed E-state index contributed by atoms with van der Waals surface area (Å²) in [6.07, 6.45) is 0.432. The number of benzene rings is 2. The molecule has 2 aliphatic heterocycles. The van der Waals surface area contributed by atoms with Gasteiger partial charge in [-0.15, -0.1) is 0 Å². The molecule has 0 saturated carbocycles. The van der Waals surface area contributed by atoms with Gasteiger partial charge in [-0.05, 0) is 73.7 Å². The van der Waals surface area contributed by atoms with Crippen molar-refractivity contribution in [3.8, 4) is 16.9 Å². The van der Waals surface area contributed by atoms with Gasteiger partial charge in [0.15, 0.2) is 17.5 Å². The first kappa shape index (κ1) is 26.9. The number of methoxy groups -OCH3 is 1. The van der Waals surface area contributed by atoms with E-state index >= 15 is 0 Å². The van der Waals surface area contributed by atoms with E-state index < -0.39 is 47.6 Å². The Kier molecular flexibility index (Phi) is 6.75. The summed E-state index contributed by atoms with van der Waals surface area (Å²) in [5.74, 6) is -4.54. The fourth-order valence-electron chi connectivity index (χ4n) is 5.91. The minimum atomic E-state index is -1.59. The number of anilines is 1. The van der Waals surface area contributed by atoms with Crippen molar-refractivity contribution in [2.75, 3.05) is 25.1 Å². The van der Waals surface area contributed by atoms with Crippen LogP contribution < -0.4 is 9.64 Å². The van der Waals surface area contributed by atoms with Gasteiger partial charge in [-0.2, -0.15) is 0 Å². The molecule has 0 spiro atoms. The van der Waals surface area contributed by atoms with Gasteiger partial charge < -0.3 is 19.5 Å². The Labute approximate surface area is 234 Å². The summed E-state index contributed by atoms with van der Waals surface area (Å²) in [6.45, 7) is 3.38. The molecule has 1 aromatic heterocycles. The summed E-state index contributed by atoms with van der Waals surface area (Å²) < 4.78 is 52.7. The van der Waals surface area contributed by atoms with Crippen LogP contribution in [0.25, 0.3) is 11.1 Å². The fourth-order valence-corrected chi connectivity index (χ4v) is 5.91. The number of carboxylic acid groups (broad SMARTS) is 1. The van der Waals surface area contributed by atoms with Crippen molar-refractivity contribution in [1.29, 1.82) is 0 Å². The quantitative estimate of drug-likeness (QED) is 0.373. The van der Waals surface area contributed by atoms with Crippen LogP contribution in [0.4, 0.5) is 23.8 Å². The first-order valence-corrected chi connectivity index (χ1v) is 13.5. The van der Waals surface area contributed by atoms with E-state index in [4.69, 9.17) is 14.5 Å². The molecule has 214 valence electrons. The number of carbonyl (C=O) groups is 2. The third-order valence-corrected chi connectivity index (χ3v) is 8.31. The highest BCUT2D eigenvalue weighted by Gasteiger charge is 2.41. The van der Waals surface area contributed by atoms with Crippen molar-refractivity contribution in [2.45, 2.75) is 50.8 Å². The summed E-state index contributed by atoms with van der Waals surface area (Å²) in [6, 6.07) is 8.48. The Hall–Kier alpha value is -4.28. The summed E-state index contributed by atoms with van der Waals surface area (Å²) in [5, 5.41) is 9.77. The fraction of sp³-hybridized carbons (Fsp3) is 0.367. The molecule has 2 fully saturated rings. The van der Waals surface area contributed by atoms with Crippen molar-refractivity contribution in [3.63, 3.8) is 0 Å². The van der Waals surface area contributed by atoms with E-state index in [0.717, 1.165) is 48.6 Å². The van der Waals surface area contributed by atoms with Crippen molar-refractivity contribution >= 4 is 17.9 Å². The molecule has 3 atom stereocenters. The second-order valence-corrected chi connectivity index (χ2v) is 10.7. The molecule has 3 aromatic rings. The van der Waals surface area contributed by atoms with Crippen LogP contribution in [0.5, 0.6) is 5.75 Å². The average molecular weight is 568 g/mol. The van der Waals surface area contributed by atoms with Crippen LogP contribution in [0.1, 0.15) is 54.2 Å². The molecule has 0 bridgehead atoms. The molecule has 2 unspecified atom stereocenters. The third-order valence-electron chi connectivity index (χ3n) is 8.31. The number of pyridine rings is 1. The number of ether oxygens (including phenoxy) is 2. The Morgan fingerprint density at radius 1 is 1.12 bits per heavy atom. The number of aliphatic carboxylic acids is 1. The number of fused-ring (bicyclic) bond motifs is 1. The number of amides is 1. The van der Waals surface area contributed by atoms with E-state index in [0.29, 0.717) is 35.4 Å². The van der Waals surface area contributed by atoms with E-state index in [-0.39, 0.29) is 12.1 Å². The highest BCUT2D eigenvalue weighted by molar-refractivity contribution is 5.82. The minimum absolute atomic E-state index is 0.00225. The van der Waals surface area contributed by atoms with Crippen molar-refractivity contribution in [1.82, 2.24) is 9.88 Å². The molecule has 6 rings (SSSR count). The highest BCUT2D eigenvalue weighted by Crippen LogP contribution is 2.43. The van der Waals surface area contributed by atoms with E-state index in [1.54, 1.807) is 14.0 Å².